The first kappa shape index (κ1) is 19.0. The van der Waals surface area contributed by atoms with Crippen molar-refractivity contribution in [3.05, 3.63) is 70.5 Å². The van der Waals surface area contributed by atoms with Crippen LogP contribution in [0.2, 0.25) is 5.02 Å². The zero-order valence-electron chi connectivity index (χ0n) is 15.5. The number of para-hydroxylation sites is 1. The van der Waals surface area contributed by atoms with Gasteiger partial charge in [0.1, 0.15) is 12.1 Å². The van der Waals surface area contributed by atoms with Crippen LogP contribution in [0, 0.1) is 6.92 Å². The number of aromatic nitrogens is 5. The first-order valence-electron chi connectivity index (χ1n) is 8.51. The van der Waals surface area contributed by atoms with Gasteiger partial charge in [-0.1, -0.05) is 29.8 Å². The summed E-state index contributed by atoms with van der Waals surface area (Å²) in [5, 5.41) is 13.8. The van der Waals surface area contributed by atoms with Gasteiger partial charge in [-0.05, 0) is 35.5 Å². The van der Waals surface area contributed by atoms with Gasteiger partial charge in [0, 0.05) is 11.4 Å². The molecule has 4 aromatic rings. The first-order chi connectivity index (χ1) is 14.1. The van der Waals surface area contributed by atoms with Crippen molar-refractivity contribution in [1.82, 2.24) is 25.2 Å². The molecule has 8 nitrogen and oxygen atoms in total. The molecule has 10 heteroatoms. The normalized spacial score (nSPS) is 10.7. The van der Waals surface area contributed by atoms with E-state index in [0.29, 0.717) is 32.8 Å². The number of carbonyl (C=O) groups excluding carboxylic acids is 1. The predicted octanol–water partition coefficient (Wildman–Crippen LogP) is 4.07. The van der Waals surface area contributed by atoms with Crippen LogP contribution in [0.1, 0.15) is 16.1 Å². The maximum atomic E-state index is 13.6. The Morgan fingerprint density at radius 3 is 2.66 bits per heavy atom. The van der Waals surface area contributed by atoms with Crippen molar-refractivity contribution < 1.29 is 9.53 Å². The minimum absolute atomic E-state index is 0.297. The standard InChI is InChI=1S/C19H15ClN6O2S/c1-12-10-29-19(22-12)26(13-6-4-3-5-7-13)18(27)14-8-15(20)16(9-17(14)28-2)25-11-21-23-24-25/h3-11H,1-2H3. The maximum absolute atomic E-state index is 13.6. The number of ether oxygens (including phenoxy) is 1. The Morgan fingerprint density at radius 1 is 1.24 bits per heavy atom. The Morgan fingerprint density at radius 2 is 2.03 bits per heavy atom. The molecular weight excluding hydrogens is 412 g/mol. The van der Waals surface area contributed by atoms with Crippen molar-refractivity contribution in [1.29, 1.82) is 0 Å². The zero-order valence-corrected chi connectivity index (χ0v) is 17.1. The third kappa shape index (κ3) is 3.69. The third-order valence-corrected chi connectivity index (χ3v) is 5.36. The molecule has 0 bridgehead atoms. The van der Waals surface area contributed by atoms with Gasteiger partial charge in [-0.15, -0.1) is 16.4 Å². The molecule has 0 unspecified atom stereocenters. The average Bonchev–Trinajstić information content (AvgIpc) is 3.41. The van der Waals surface area contributed by atoms with Gasteiger partial charge in [-0.25, -0.2) is 4.98 Å². The van der Waals surface area contributed by atoms with Crippen molar-refractivity contribution >= 4 is 39.7 Å². The second-order valence-electron chi connectivity index (χ2n) is 6.01. The number of tetrazole rings is 1. The van der Waals surface area contributed by atoms with E-state index in [0.717, 1.165) is 5.69 Å². The highest BCUT2D eigenvalue weighted by Crippen LogP contribution is 2.35. The van der Waals surface area contributed by atoms with E-state index in [1.807, 2.05) is 42.6 Å². The van der Waals surface area contributed by atoms with E-state index < -0.39 is 0 Å². The SMILES string of the molecule is COc1cc(-n2cnnn2)c(Cl)cc1C(=O)N(c1ccccc1)c1nc(C)cs1. The van der Waals surface area contributed by atoms with E-state index in [1.54, 1.807) is 17.0 Å². The van der Waals surface area contributed by atoms with Gasteiger partial charge in [-0.3, -0.25) is 9.69 Å². The van der Waals surface area contributed by atoms with E-state index in [1.165, 1.54) is 29.5 Å². The van der Waals surface area contributed by atoms with Crippen LogP contribution < -0.4 is 9.64 Å². The minimum Gasteiger partial charge on any atom is -0.496 e. The molecule has 0 saturated carbocycles. The van der Waals surface area contributed by atoms with Crippen molar-refractivity contribution in [2.24, 2.45) is 0 Å². The van der Waals surface area contributed by atoms with Gasteiger partial charge in [0.05, 0.1) is 34.8 Å². The number of rotatable bonds is 5. The molecular formula is C19H15ClN6O2S. The second kappa shape index (κ2) is 7.98. The Kier molecular flexibility index (Phi) is 5.24. The highest BCUT2D eigenvalue weighted by atomic mass is 35.5. The lowest BCUT2D eigenvalue weighted by molar-refractivity contribution is 0.0996. The number of benzene rings is 2. The third-order valence-electron chi connectivity index (χ3n) is 4.11. The van der Waals surface area contributed by atoms with E-state index in [4.69, 9.17) is 16.3 Å². The Labute approximate surface area is 175 Å². The number of anilines is 2. The summed E-state index contributed by atoms with van der Waals surface area (Å²) in [5.41, 5.74) is 2.32. The molecule has 0 N–H and O–H groups in total. The molecule has 2 aromatic heterocycles. The summed E-state index contributed by atoms with van der Waals surface area (Å²) in [6.45, 7) is 1.88. The van der Waals surface area contributed by atoms with E-state index >= 15 is 0 Å². The zero-order chi connectivity index (χ0) is 20.4. The van der Waals surface area contributed by atoms with Crippen LogP contribution >= 0.6 is 22.9 Å². The van der Waals surface area contributed by atoms with E-state index in [-0.39, 0.29) is 5.91 Å². The fourth-order valence-electron chi connectivity index (χ4n) is 2.78. The van der Waals surface area contributed by atoms with E-state index in [9.17, 15) is 4.79 Å². The molecule has 0 aliphatic carbocycles. The molecule has 146 valence electrons. The van der Waals surface area contributed by atoms with Crippen LogP contribution in [0.4, 0.5) is 10.8 Å². The average molecular weight is 427 g/mol. The molecule has 4 rings (SSSR count). The Bertz CT molecular complexity index is 1150. The smallest absolute Gasteiger partial charge is 0.268 e. The number of hydrogen-bond donors (Lipinski definition) is 0. The number of methoxy groups -OCH3 is 1. The summed E-state index contributed by atoms with van der Waals surface area (Å²) >= 11 is 7.82. The van der Waals surface area contributed by atoms with Gasteiger partial charge in [0.2, 0.25) is 0 Å². The Balaban J connectivity index is 1.83. The highest BCUT2D eigenvalue weighted by molar-refractivity contribution is 7.14. The van der Waals surface area contributed by atoms with E-state index in [2.05, 4.69) is 20.5 Å². The fraction of sp³-hybridized carbons (Fsp3) is 0.105. The number of aryl methyl sites for hydroxylation is 1. The molecule has 0 spiro atoms. The Hall–Kier alpha value is -3.30. The molecule has 0 saturated heterocycles. The van der Waals surface area contributed by atoms with Gasteiger partial charge in [-0.2, -0.15) is 4.68 Å². The van der Waals surface area contributed by atoms with Gasteiger partial charge >= 0.3 is 0 Å². The quantitative estimate of drug-likeness (QED) is 0.478. The molecule has 1 amide bonds. The summed E-state index contributed by atoms with van der Waals surface area (Å²) in [5.74, 6) is 0.0340. The van der Waals surface area contributed by atoms with Crippen molar-refractivity contribution in [2.75, 3.05) is 12.0 Å². The van der Waals surface area contributed by atoms with Crippen LogP contribution in [-0.2, 0) is 0 Å². The van der Waals surface area contributed by atoms with Crippen molar-refractivity contribution in [3.63, 3.8) is 0 Å². The minimum atomic E-state index is -0.312. The van der Waals surface area contributed by atoms with Crippen LogP contribution in [-0.4, -0.2) is 38.2 Å². The number of halogens is 1. The van der Waals surface area contributed by atoms with Crippen molar-refractivity contribution in [3.8, 4) is 11.4 Å². The molecule has 29 heavy (non-hydrogen) atoms. The van der Waals surface area contributed by atoms with Crippen LogP contribution in [0.15, 0.2) is 54.2 Å². The predicted molar refractivity (Wildman–Crippen MR) is 110 cm³/mol. The maximum Gasteiger partial charge on any atom is 0.268 e. The molecule has 0 radical (unpaired) electrons. The molecule has 0 aliphatic rings. The van der Waals surface area contributed by atoms with Crippen molar-refractivity contribution in [2.45, 2.75) is 6.92 Å². The largest absolute Gasteiger partial charge is 0.496 e. The molecule has 2 heterocycles. The monoisotopic (exact) mass is 426 g/mol. The summed E-state index contributed by atoms with van der Waals surface area (Å²) in [7, 11) is 1.49. The van der Waals surface area contributed by atoms with Gasteiger partial charge in [0.15, 0.2) is 5.13 Å². The second-order valence-corrected chi connectivity index (χ2v) is 7.25. The lowest BCUT2D eigenvalue weighted by Crippen LogP contribution is -2.26. The molecule has 0 aliphatic heterocycles. The molecule has 0 atom stereocenters. The lowest BCUT2D eigenvalue weighted by atomic mass is 10.1. The summed E-state index contributed by atoms with van der Waals surface area (Å²) in [6.07, 6.45) is 1.41. The van der Waals surface area contributed by atoms with Crippen LogP contribution in [0.3, 0.4) is 0 Å². The topological polar surface area (TPSA) is 86.0 Å². The summed E-state index contributed by atoms with van der Waals surface area (Å²) < 4.78 is 6.88. The summed E-state index contributed by atoms with van der Waals surface area (Å²) in [4.78, 5) is 19.6. The number of carbonyl (C=O) groups is 1. The van der Waals surface area contributed by atoms with Gasteiger partial charge in [0.25, 0.3) is 5.91 Å². The fourth-order valence-corrected chi connectivity index (χ4v) is 3.85. The van der Waals surface area contributed by atoms with Gasteiger partial charge < -0.3 is 4.74 Å². The number of nitrogens with zero attached hydrogens (tertiary/aromatic N) is 6. The van der Waals surface area contributed by atoms with Crippen LogP contribution in [0.5, 0.6) is 5.75 Å². The summed E-state index contributed by atoms with van der Waals surface area (Å²) in [6, 6.07) is 12.5. The highest BCUT2D eigenvalue weighted by Gasteiger charge is 2.26. The van der Waals surface area contributed by atoms with Crippen LogP contribution in [0.25, 0.3) is 5.69 Å². The first-order valence-corrected chi connectivity index (χ1v) is 9.77. The number of thiazole rings is 1. The number of amides is 1. The number of hydrogen-bond acceptors (Lipinski definition) is 7. The molecule has 0 fully saturated rings. The molecule has 2 aromatic carbocycles. The lowest BCUT2D eigenvalue weighted by Gasteiger charge is -2.21.